The Hall–Kier alpha value is -2.92. The molecule has 3 aromatic rings. The van der Waals surface area contributed by atoms with Crippen molar-refractivity contribution in [3.63, 3.8) is 0 Å². The number of aliphatic hydroxyl groups is 2. The van der Waals surface area contributed by atoms with E-state index in [0.29, 0.717) is 11.1 Å². The number of nitriles is 1. The highest BCUT2D eigenvalue weighted by Crippen LogP contribution is 2.69. The van der Waals surface area contributed by atoms with E-state index in [2.05, 4.69) is 22.0 Å². The maximum Gasteiger partial charge on any atom is 0.178 e. The van der Waals surface area contributed by atoms with Crippen LogP contribution in [0.1, 0.15) is 22.6 Å². The first-order chi connectivity index (χ1) is 15.4. The van der Waals surface area contributed by atoms with Crippen LogP contribution in [-0.4, -0.2) is 23.4 Å². The van der Waals surface area contributed by atoms with E-state index < -0.39 is 35.0 Å². The monoisotopic (exact) mass is 495 g/mol. The molecule has 0 aromatic heterocycles. The van der Waals surface area contributed by atoms with E-state index in [4.69, 9.17) is 9.47 Å². The second-order valence-electron chi connectivity index (χ2n) is 8.08. The van der Waals surface area contributed by atoms with Gasteiger partial charge in [0.15, 0.2) is 11.2 Å². The van der Waals surface area contributed by atoms with Crippen molar-refractivity contribution in [2.45, 2.75) is 23.2 Å². The molecular weight excluding hydrogens is 477 g/mol. The summed E-state index contributed by atoms with van der Waals surface area (Å²) in [4.78, 5) is 0. The number of halogens is 2. The lowest BCUT2D eigenvalue weighted by molar-refractivity contribution is -0.151. The molecule has 2 aliphatic rings. The lowest BCUT2D eigenvalue weighted by atomic mass is 9.70. The van der Waals surface area contributed by atoms with E-state index >= 15 is 0 Å². The molecule has 2 N–H and O–H groups in total. The van der Waals surface area contributed by atoms with Crippen molar-refractivity contribution >= 4 is 15.9 Å². The summed E-state index contributed by atoms with van der Waals surface area (Å²) in [6.45, 7) is 0. The van der Waals surface area contributed by atoms with E-state index in [-0.39, 0.29) is 17.1 Å². The molecule has 0 bridgehead atoms. The van der Waals surface area contributed by atoms with Crippen LogP contribution in [-0.2, 0) is 11.2 Å². The maximum atomic E-state index is 14.4. The van der Waals surface area contributed by atoms with Crippen LogP contribution in [0.3, 0.4) is 0 Å². The van der Waals surface area contributed by atoms with Crippen LogP contribution in [0, 0.1) is 23.1 Å². The highest BCUT2D eigenvalue weighted by molar-refractivity contribution is 9.10. The average Bonchev–Trinajstić information content (AvgIpc) is 3.17. The standard InChI is InChI=1S/C25H19BrFNO4/c1-31-19-11-17(27)12-20-22(19)24(30)23(29)18(13-28)21(14-5-3-2-4-6-14)25(24,32-20)15-7-9-16(26)10-8-15/h2-12,18,21,23,29-30H,1H3/t18-,21-,23-,24+,25+/m1/s1. The SMILES string of the molecule is COc1cc(F)cc2c1[C@]1(O)[C@H](O)[C@H](C#N)[C@@H](c3ccccc3)[C@]1(c1ccc(Br)cc1)O2. The van der Waals surface area contributed by atoms with Gasteiger partial charge in [0.25, 0.3) is 0 Å². The molecule has 32 heavy (non-hydrogen) atoms. The van der Waals surface area contributed by atoms with Gasteiger partial charge in [-0.15, -0.1) is 0 Å². The van der Waals surface area contributed by atoms with Gasteiger partial charge in [-0.25, -0.2) is 4.39 Å². The summed E-state index contributed by atoms with van der Waals surface area (Å²) in [6, 6.07) is 20.8. The zero-order valence-electron chi connectivity index (χ0n) is 17.0. The summed E-state index contributed by atoms with van der Waals surface area (Å²) in [5.41, 5.74) is -2.28. The molecule has 0 radical (unpaired) electrons. The molecule has 0 saturated heterocycles. The van der Waals surface area contributed by atoms with Crippen LogP contribution >= 0.6 is 15.9 Å². The van der Waals surface area contributed by atoms with Crippen molar-refractivity contribution < 1.29 is 24.1 Å². The van der Waals surface area contributed by atoms with E-state index in [0.717, 1.165) is 10.5 Å². The molecule has 1 aliphatic carbocycles. The van der Waals surface area contributed by atoms with Crippen LogP contribution in [0.15, 0.2) is 71.2 Å². The molecule has 5 nitrogen and oxygen atoms in total. The van der Waals surface area contributed by atoms with Gasteiger partial charge >= 0.3 is 0 Å². The Bertz CT molecular complexity index is 1230. The summed E-state index contributed by atoms with van der Waals surface area (Å²) in [6.07, 6.45) is -1.53. The fraction of sp³-hybridized carbons (Fsp3) is 0.240. The highest BCUT2D eigenvalue weighted by atomic mass is 79.9. The second-order valence-corrected chi connectivity index (χ2v) is 9.00. The molecule has 1 aliphatic heterocycles. The van der Waals surface area contributed by atoms with Gasteiger partial charge in [0.2, 0.25) is 0 Å². The van der Waals surface area contributed by atoms with Crippen molar-refractivity contribution in [2.75, 3.05) is 7.11 Å². The third-order valence-corrected chi connectivity index (χ3v) is 7.14. The molecule has 1 saturated carbocycles. The zero-order valence-corrected chi connectivity index (χ0v) is 18.6. The Morgan fingerprint density at radius 2 is 1.81 bits per heavy atom. The fourth-order valence-corrected chi connectivity index (χ4v) is 5.64. The number of methoxy groups -OCH3 is 1. The number of aliphatic hydroxyl groups excluding tert-OH is 1. The van der Waals surface area contributed by atoms with Gasteiger partial charge in [0.1, 0.15) is 23.4 Å². The van der Waals surface area contributed by atoms with Gasteiger partial charge in [0.05, 0.1) is 24.7 Å². The minimum atomic E-state index is -2.07. The van der Waals surface area contributed by atoms with Gasteiger partial charge in [-0.05, 0) is 23.3 Å². The van der Waals surface area contributed by atoms with Gasteiger partial charge in [-0.3, -0.25) is 0 Å². The van der Waals surface area contributed by atoms with Crippen molar-refractivity contribution in [3.8, 4) is 17.6 Å². The third kappa shape index (κ3) is 2.54. The fourth-order valence-electron chi connectivity index (χ4n) is 5.38. The van der Waals surface area contributed by atoms with E-state index in [1.165, 1.54) is 13.2 Å². The van der Waals surface area contributed by atoms with E-state index in [9.17, 15) is 19.9 Å². The summed E-state index contributed by atoms with van der Waals surface area (Å²) in [5, 5.41) is 33.9. The molecule has 0 amide bonds. The Morgan fingerprint density at radius 1 is 1.12 bits per heavy atom. The Kier molecular flexibility index (Phi) is 4.79. The predicted octanol–water partition coefficient (Wildman–Crippen LogP) is 4.37. The molecule has 1 heterocycles. The topological polar surface area (TPSA) is 82.7 Å². The summed E-state index contributed by atoms with van der Waals surface area (Å²) >= 11 is 3.42. The second kappa shape index (κ2) is 7.31. The number of hydrogen-bond acceptors (Lipinski definition) is 5. The number of nitrogens with zero attached hydrogens (tertiary/aromatic N) is 1. The summed E-state index contributed by atoms with van der Waals surface area (Å²) in [5.74, 6) is -2.24. The first-order valence-corrected chi connectivity index (χ1v) is 10.9. The van der Waals surface area contributed by atoms with Crippen LogP contribution in [0.4, 0.5) is 4.39 Å². The van der Waals surface area contributed by atoms with Crippen LogP contribution < -0.4 is 9.47 Å². The predicted molar refractivity (Wildman–Crippen MR) is 118 cm³/mol. The van der Waals surface area contributed by atoms with E-state index in [1.807, 2.05) is 30.3 Å². The largest absolute Gasteiger partial charge is 0.496 e. The quantitative estimate of drug-likeness (QED) is 0.563. The van der Waals surface area contributed by atoms with Crippen LogP contribution in [0.2, 0.25) is 0 Å². The lowest BCUT2D eigenvalue weighted by Crippen LogP contribution is -2.52. The lowest BCUT2D eigenvalue weighted by Gasteiger charge is -2.40. The third-order valence-electron chi connectivity index (χ3n) is 6.62. The maximum absolute atomic E-state index is 14.4. The Morgan fingerprint density at radius 3 is 2.44 bits per heavy atom. The van der Waals surface area contributed by atoms with E-state index in [1.54, 1.807) is 24.3 Å². The molecule has 162 valence electrons. The number of benzene rings is 3. The molecule has 3 aromatic carbocycles. The van der Waals surface area contributed by atoms with Crippen LogP contribution in [0.5, 0.6) is 11.5 Å². The van der Waals surface area contributed by atoms with Crippen molar-refractivity contribution in [3.05, 3.63) is 93.7 Å². The Balaban J connectivity index is 1.89. The van der Waals surface area contributed by atoms with Gasteiger partial charge in [0, 0.05) is 22.5 Å². The number of fused-ring (bicyclic) bond motifs is 3. The molecule has 1 fully saturated rings. The van der Waals surface area contributed by atoms with Gasteiger partial charge in [-0.2, -0.15) is 5.26 Å². The smallest absolute Gasteiger partial charge is 0.178 e. The zero-order chi connectivity index (χ0) is 22.7. The first kappa shape index (κ1) is 21.0. The minimum absolute atomic E-state index is 0.0472. The first-order valence-electron chi connectivity index (χ1n) is 10.1. The van der Waals surface area contributed by atoms with Crippen molar-refractivity contribution in [1.29, 1.82) is 5.26 Å². The minimum Gasteiger partial charge on any atom is -0.496 e. The summed E-state index contributed by atoms with van der Waals surface area (Å²) in [7, 11) is 1.36. The number of rotatable bonds is 3. The molecule has 7 heteroatoms. The molecule has 0 spiro atoms. The molecular formula is C25H19BrFNO4. The summed E-state index contributed by atoms with van der Waals surface area (Å²) < 4.78 is 27.0. The van der Waals surface area contributed by atoms with Crippen molar-refractivity contribution in [2.24, 2.45) is 5.92 Å². The van der Waals surface area contributed by atoms with Crippen LogP contribution in [0.25, 0.3) is 0 Å². The van der Waals surface area contributed by atoms with Gasteiger partial charge in [-0.1, -0.05) is 58.4 Å². The molecule has 5 rings (SSSR count). The normalized spacial score (nSPS) is 30.2. The van der Waals surface area contributed by atoms with Crippen molar-refractivity contribution in [1.82, 2.24) is 0 Å². The molecule has 0 unspecified atom stereocenters. The highest BCUT2D eigenvalue weighted by Gasteiger charge is 2.77. The Labute approximate surface area is 192 Å². The number of hydrogen-bond donors (Lipinski definition) is 2. The number of ether oxygens (including phenoxy) is 2. The molecule has 5 atom stereocenters. The van der Waals surface area contributed by atoms with Gasteiger partial charge < -0.3 is 19.7 Å². The average molecular weight is 496 g/mol.